The zero-order valence-electron chi connectivity index (χ0n) is 12.2. The number of unbranched alkanes of at least 4 members (excludes halogenated alkanes) is 1. The Kier molecular flexibility index (Phi) is 6.10. The number of nitrogens with zero attached hydrogens (tertiary/aromatic N) is 2. The molecule has 1 rings (SSSR count). The van der Waals surface area contributed by atoms with Gasteiger partial charge in [0.15, 0.2) is 0 Å². The summed E-state index contributed by atoms with van der Waals surface area (Å²) in [6, 6.07) is 2.34. The largest absolute Gasteiger partial charge is 0.444 e. The van der Waals surface area contributed by atoms with Crippen molar-refractivity contribution in [1.82, 2.24) is 10.2 Å². The van der Waals surface area contributed by atoms with Crippen LogP contribution in [0.1, 0.15) is 46.5 Å². The average molecular weight is 267 g/mol. The van der Waals surface area contributed by atoms with E-state index >= 15 is 0 Å². The van der Waals surface area contributed by atoms with E-state index < -0.39 is 5.60 Å². The van der Waals surface area contributed by atoms with Gasteiger partial charge in [-0.2, -0.15) is 5.26 Å². The summed E-state index contributed by atoms with van der Waals surface area (Å²) in [4.78, 5) is 13.9. The van der Waals surface area contributed by atoms with E-state index in [4.69, 9.17) is 10.00 Å². The molecule has 0 radical (unpaired) electrons. The van der Waals surface area contributed by atoms with Crippen LogP contribution in [-0.2, 0) is 4.74 Å². The van der Waals surface area contributed by atoms with Crippen LogP contribution in [0.4, 0.5) is 4.79 Å². The predicted molar refractivity (Wildman–Crippen MR) is 73.7 cm³/mol. The number of likely N-dealkylation sites (tertiary alicyclic amines) is 1. The van der Waals surface area contributed by atoms with Crippen molar-refractivity contribution in [2.45, 2.75) is 58.1 Å². The van der Waals surface area contributed by atoms with Crippen LogP contribution in [-0.4, -0.2) is 42.3 Å². The number of rotatable bonds is 5. The Hall–Kier alpha value is -1.28. The molecule has 1 fully saturated rings. The molecule has 1 aliphatic rings. The van der Waals surface area contributed by atoms with Crippen molar-refractivity contribution in [2.24, 2.45) is 0 Å². The Bertz CT molecular complexity index is 331. The topological polar surface area (TPSA) is 65.4 Å². The van der Waals surface area contributed by atoms with Gasteiger partial charge in [0.25, 0.3) is 0 Å². The lowest BCUT2D eigenvalue weighted by Crippen LogP contribution is -2.44. The minimum absolute atomic E-state index is 0.214. The summed E-state index contributed by atoms with van der Waals surface area (Å²) in [7, 11) is 0. The van der Waals surface area contributed by atoms with Crippen molar-refractivity contribution >= 4 is 6.09 Å². The minimum Gasteiger partial charge on any atom is -0.444 e. The van der Waals surface area contributed by atoms with Crippen LogP contribution in [0.25, 0.3) is 0 Å². The first-order valence-electron chi connectivity index (χ1n) is 7.01. The summed E-state index contributed by atoms with van der Waals surface area (Å²) >= 11 is 0. The first-order chi connectivity index (χ1) is 8.94. The zero-order valence-corrected chi connectivity index (χ0v) is 12.2. The number of hydrogen-bond acceptors (Lipinski definition) is 4. The quantitative estimate of drug-likeness (QED) is 0.776. The number of hydrogen-bond donors (Lipinski definition) is 1. The zero-order chi connectivity index (χ0) is 14.3. The number of carbonyl (C=O) groups is 1. The van der Waals surface area contributed by atoms with Gasteiger partial charge < -0.3 is 15.0 Å². The molecule has 1 amide bonds. The molecule has 1 saturated heterocycles. The lowest BCUT2D eigenvalue weighted by molar-refractivity contribution is 0.0227. The Morgan fingerprint density at radius 3 is 2.89 bits per heavy atom. The van der Waals surface area contributed by atoms with E-state index in [-0.39, 0.29) is 12.1 Å². The Labute approximate surface area is 115 Å². The summed E-state index contributed by atoms with van der Waals surface area (Å²) in [6.45, 7) is 8.04. The Balaban J connectivity index is 2.33. The first-order valence-corrected chi connectivity index (χ1v) is 7.01. The fraction of sp³-hybridized carbons (Fsp3) is 0.857. The molecule has 1 heterocycles. The third-order valence-electron chi connectivity index (χ3n) is 3.03. The van der Waals surface area contributed by atoms with Gasteiger partial charge in [0.2, 0.25) is 0 Å². The van der Waals surface area contributed by atoms with Crippen LogP contribution in [0, 0.1) is 11.3 Å². The lowest BCUT2D eigenvalue weighted by atomic mass is 10.2. The third-order valence-corrected chi connectivity index (χ3v) is 3.03. The van der Waals surface area contributed by atoms with Gasteiger partial charge in [0.05, 0.1) is 6.07 Å². The molecule has 1 N–H and O–H groups in total. The summed E-state index contributed by atoms with van der Waals surface area (Å²) in [6.07, 6.45) is 3.27. The number of ether oxygens (including phenoxy) is 1. The second-order valence-corrected chi connectivity index (χ2v) is 5.94. The van der Waals surface area contributed by atoms with Crippen molar-refractivity contribution in [3.8, 4) is 6.07 Å². The van der Waals surface area contributed by atoms with Gasteiger partial charge in [0.1, 0.15) is 5.60 Å². The van der Waals surface area contributed by atoms with Gasteiger partial charge in [-0.1, -0.05) is 0 Å². The normalized spacial score (nSPS) is 19.3. The fourth-order valence-electron chi connectivity index (χ4n) is 2.17. The molecule has 1 atom stereocenters. The molecule has 108 valence electrons. The highest BCUT2D eigenvalue weighted by molar-refractivity contribution is 5.69. The maximum atomic E-state index is 12.0. The fourth-order valence-corrected chi connectivity index (χ4v) is 2.17. The SMILES string of the molecule is CC(C)(C)OC(=O)N1CCC[C@H]1CNCCCC#N. The summed E-state index contributed by atoms with van der Waals surface area (Å²) in [5, 5.41) is 11.8. The second-order valence-electron chi connectivity index (χ2n) is 5.94. The molecule has 0 saturated carbocycles. The molecular weight excluding hydrogens is 242 g/mol. The van der Waals surface area contributed by atoms with Crippen LogP contribution in [0.5, 0.6) is 0 Å². The van der Waals surface area contributed by atoms with Gasteiger partial charge in [-0.05, 0) is 46.6 Å². The van der Waals surface area contributed by atoms with Gasteiger partial charge >= 0.3 is 6.09 Å². The van der Waals surface area contributed by atoms with Gasteiger partial charge in [-0.25, -0.2) is 4.79 Å². The molecule has 0 aromatic carbocycles. The Morgan fingerprint density at radius 2 is 2.26 bits per heavy atom. The highest BCUT2D eigenvalue weighted by atomic mass is 16.6. The van der Waals surface area contributed by atoms with Crippen LogP contribution in [0.15, 0.2) is 0 Å². The molecule has 0 aliphatic carbocycles. The minimum atomic E-state index is -0.440. The van der Waals surface area contributed by atoms with E-state index in [1.165, 1.54) is 0 Å². The molecule has 19 heavy (non-hydrogen) atoms. The monoisotopic (exact) mass is 267 g/mol. The van der Waals surface area contributed by atoms with E-state index in [2.05, 4.69) is 11.4 Å². The smallest absolute Gasteiger partial charge is 0.410 e. The van der Waals surface area contributed by atoms with E-state index in [0.29, 0.717) is 6.42 Å². The molecule has 5 heteroatoms. The maximum Gasteiger partial charge on any atom is 0.410 e. The summed E-state index contributed by atoms with van der Waals surface area (Å²) in [5.74, 6) is 0. The number of amides is 1. The summed E-state index contributed by atoms with van der Waals surface area (Å²) in [5.41, 5.74) is -0.440. The number of nitrogens with one attached hydrogen (secondary N) is 1. The van der Waals surface area contributed by atoms with Gasteiger partial charge in [0, 0.05) is 25.6 Å². The molecule has 0 spiro atoms. The standard InChI is InChI=1S/C14H25N3O2/c1-14(2,3)19-13(18)17-10-6-7-12(17)11-16-9-5-4-8-15/h12,16H,4-7,9-11H2,1-3H3/t12-/m0/s1. The van der Waals surface area contributed by atoms with E-state index in [1.54, 1.807) is 0 Å². The van der Waals surface area contributed by atoms with Crippen molar-refractivity contribution in [3.05, 3.63) is 0 Å². The molecule has 0 aromatic rings. The molecular formula is C14H25N3O2. The van der Waals surface area contributed by atoms with Crippen molar-refractivity contribution in [2.75, 3.05) is 19.6 Å². The first kappa shape index (κ1) is 15.8. The molecule has 5 nitrogen and oxygen atoms in total. The average Bonchev–Trinajstić information content (AvgIpc) is 2.75. The molecule has 0 aromatic heterocycles. The second kappa shape index (κ2) is 7.34. The van der Waals surface area contributed by atoms with Crippen molar-refractivity contribution < 1.29 is 9.53 Å². The van der Waals surface area contributed by atoms with Crippen LogP contribution >= 0.6 is 0 Å². The third kappa shape index (κ3) is 5.93. The molecule has 0 bridgehead atoms. The molecule has 0 unspecified atom stereocenters. The van der Waals surface area contributed by atoms with Gasteiger partial charge in [-0.3, -0.25) is 0 Å². The number of carbonyl (C=O) groups excluding carboxylic acids is 1. The van der Waals surface area contributed by atoms with Crippen LogP contribution in [0.2, 0.25) is 0 Å². The van der Waals surface area contributed by atoms with E-state index in [0.717, 1.165) is 38.9 Å². The van der Waals surface area contributed by atoms with Crippen LogP contribution in [0.3, 0.4) is 0 Å². The summed E-state index contributed by atoms with van der Waals surface area (Å²) < 4.78 is 5.41. The van der Waals surface area contributed by atoms with Crippen LogP contribution < -0.4 is 5.32 Å². The van der Waals surface area contributed by atoms with Gasteiger partial charge in [-0.15, -0.1) is 0 Å². The highest BCUT2D eigenvalue weighted by Crippen LogP contribution is 2.20. The predicted octanol–water partition coefficient (Wildman–Crippen LogP) is 2.28. The Morgan fingerprint density at radius 1 is 1.53 bits per heavy atom. The highest BCUT2D eigenvalue weighted by Gasteiger charge is 2.31. The van der Waals surface area contributed by atoms with E-state index in [1.807, 2.05) is 25.7 Å². The maximum absolute atomic E-state index is 12.0. The molecule has 1 aliphatic heterocycles. The van der Waals surface area contributed by atoms with Crippen molar-refractivity contribution in [1.29, 1.82) is 5.26 Å². The van der Waals surface area contributed by atoms with E-state index in [9.17, 15) is 4.79 Å². The van der Waals surface area contributed by atoms with Crippen molar-refractivity contribution in [3.63, 3.8) is 0 Å². The lowest BCUT2D eigenvalue weighted by Gasteiger charge is -2.28. The number of nitriles is 1.